The van der Waals surface area contributed by atoms with Gasteiger partial charge in [0, 0.05) is 0 Å². The number of carbonyl (C=O) groups is 2. The first-order valence-electron chi connectivity index (χ1n) is 6.98. The van der Waals surface area contributed by atoms with E-state index in [9.17, 15) is 9.59 Å². The summed E-state index contributed by atoms with van der Waals surface area (Å²) in [4.78, 5) is 22.3. The quantitative estimate of drug-likeness (QED) is 0.379. The molecule has 0 aromatic carbocycles. The SMILES string of the molecule is CCCCC(C)(CCCC)C(C)=C(C(=O)O)C(=O)O. The summed E-state index contributed by atoms with van der Waals surface area (Å²) in [6, 6.07) is 0. The van der Waals surface area contributed by atoms with Gasteiger partial charge >= 0.3 is 11.9 Å². The molecule has 0 bridgehead atoms. The summed E-state index contributed by atoms with van der Waals surface area (Å²) in [6.07, 6.45) is 5.65. The summed E-state index contributed by atoms with van der Waals surface area (Å²) in [7, 11) is 0. The van der Waals surface area contributed by atoms with Crippen LogP contribution in [0, 0.1) is 5.41 Å². The summed E-state index contributed by atoms with van der Waals surface area (Å²) in [5, 5.41) is 18.2. The maximum Gasteiger partial charge on any atom is 0.343 e. The van der Waals surface area contributed by atoms with Gasteiger partial charge < -0.3 is 10.2 Å². The highest BCUT2D eigenvalue weighted by molar-refractivity contribution is 6.13. The first-order chi connectivity index (χ1) is 8.80. The second kappa shape index (κ2) is 7.97. The molecule has 0 fully saturated rings. The smallest absolute Gasteiger partial charge is 0.343 e. The van der Waals surface area contributed by atoms with Crippen molar-refractivity contribution >= 4 is 11.9 Å². The zero-order valence-corrected chi connectivity index (χ0v) is 12.5. The van der Waals surface area contributed by atoms with Gasteiger partial charge in [-0.05, 0) is 30.8 Å². The normalized spacial score (nSPS) is 11.2. The molecule has 0 aromatic rings. The topological polar surface area (TPSA) is 74.6 Å². The van der Waals surface area contributed by atoms with Crippen LogP contribution < -0.4 is 0 Å². The first-order valence-corrected chi connectivity index (χ1v) is 6.98. The van der Waals surface area contributed by atoms with Crippen LogP contribution in [0.3, 0.4) is 0 Å². The Bertz CT molecular complexity index is 331. The molecule has 0 radical (unpaired) electrons. The van der Waals surface area contributed by atoms with E-state index in [1.165, 1.54) is 0 Å². The Morgan fingerprint density at radius 2 is 1.32 bits per heavy atom. The van der Waals surface area contributed by atoms with Crippen LogP contribution in [0.5, 0.6) is 0 Å². The summed E-state index contributed by atoms with van der Waals surface area (Å²) >= 11 is 0. The fourth-order valence-corrected chi connectivity index (χ4v) is 2.35. The molecular formula is C15H26O4. The summed E-state index contributed by atoms with van der Waals surface area (Å²) in [5.41, 5.74) is -0.304. The van der Waals surface area contributed by atoms with Crippen LogP contribution in [0.15, 0.2) is 11.1 Å². The summed E-state index contributed by atoms with van der Waals surface area (Å²) in [6.45, 7) is 7.80. The van der Waals surface area contributed by atoms with Gasteiger partial charge in [-0.15, -0.1) is 0 Å². The lowest BCUT2D eigenvalue weighted by Crippen LogP contribution is -2.25. The van der Waals surface area contributed by atoms with Crippen molar-refractivity contribution in [2.45, 2.75) is 66.2 Å². The zero-order valence-electron chi connectivity index (χ0n) is 12.5. The van der Waals surface area contributed by atoms with Crippen molar-refractivity contribution in [2.75, 3.05) is 0 Å². The van der Waals surface area contributed by atoms with E-state index >= 15 is 0 Å². The third-order valence-electron chi connectivity index (χ3n) is 3.87. The Kier molecular flexibility index (Phi) is 7.42. The highest BCUT2D eigenvalue weighted by Crippen LogP contribution is 2.39. The average molecular weight is 270 g/mol. The lowest BCUT2D eigenvalue weighted by molar-refractivity contribution is -0.140. The highest BCUT2D eigenvalue weighted by Gasteiger charge is 2.32. The Morgan fingerprint density at radius 1 is 0.947 bits per heavy atom. The Labute approximate surface area is 115 Å². The van der Waals surface area contributed by atoms with E-state index < -0.39 is 17.5 Å². The first kappa shape index (κ1) is 17.7. The molecule has 0 saturated carbocycles. The van der Waals surface area contributed by atoms with Gasteiger partial charge in [0.2, 0.25) is 0 Å². The van der Waals surface area contributed by atoms with Crippen molar-refractivity contribution in [2.24, 2.45) is 5.41 Å². The van der Waals surface area contributed by atoms with E-state index in [1.54, 1.807) is 6.92 Å². The van der Waals surface area contributed by atoms with Gasteiger partial charge in [0.15, 0.2) is 0 Å². The van der Waals surface area contributed by atoms with Crippen LogP contribution in [-0.4, -0.2) is 22.2 Å². The van der Waals surface area contributed by atoms with E-state index in [1.807, 2.05) is 6.92 Å². The Hall–Kier alpha value is -1.32. The largest absolute Gasteiger partial charge is 0.477 e. The molecule has 0 unspecified atom stereocenters. The van der Waals surface area contributed by atoms with Gasteiger partial charge in [-0.3, -0.25) is 0 Å². The number of allylic oxidation sites excluding steroid dienone is 1. The Morgan fingerprint density at radius 3 is 1.58 bits per heavy atom. The lowest BCUT2D eigenvalue weighted by atomic mass is 9.73. The minimum Gasteiger partial charge on any atom is -0.477 e. The highest BCUT2D eigenvalue weighted by atomic mass is 16.4. The number of rotatable bonds is 9. The number of hydrogen-bond acceptors (Lipinski definition) is 2. The van der Waals surface area contributed by atoms with Crippen molar-refractivity contribution < 1.29 is 19.8 Å². The Balaban J connectivity index is 5.48. The molecule has 0 atom stereocenters. The third kappa shape index (κ3) is 5.05. The predicted octanol–water partition coefficient (Wildman–Crippen LogP) is 3.86. The zero-order chi connectivity index (χ0) is 15.1. The van der Waals surface area contributed by atoms with Gasteiger partial charge in [-0.1, -0.05) is 46.5 Å². The number of carboxylic acids is 2. The summed E-state index contributed by atoms with van der Waals surface area (Å²) < 4.78 is 0. The van der Waals surface area contributed by atoms with E-state index in [2.05, 4.69) is 13.8 Å². The van der Waals surface area contributed by atoms with E-state index in [-0.39, 0.29) is 5.41 Å². The summed E-state index contributed by atoms with van der Waals surface area (Å²) in [5.74, 6) is -2.69. The predicted molar refractivity (Wildman–Crippen MR) is 75.1 cm³/mol. The molecule has 0 amide bonds. The maximum absolute atomic E-state index is 11.1. The number of unbranched alkanes of at least 4 members (excludes halogenated alkanes) is 2. The molecule has 0 saturated heterocycles. The van der Waals surface area contributed by atoms with Gasteiger partial charge in [0.1, 0.15) is 5.57 Å². The molecule has 110 valence electrons. The molecule has 0 rings (SSSR count). The van der Waals surface area contributed by atoms with E-state index in [4.69, 9.17) is 10.2 Å². The third-order valence-corrected chi connectivity index (χ3v) is 3.87. The fourth-order valence-electron chi connectivity index (χ4n) is 2.35. The van der Waals surface area contributed by atoms with Gasteiger partial charge in [0.05, 0.1) is 0 Å². The minimum atomic E-state index is -1.34. The minimum absolute atomic E-state index is 0.335. The molecule has 0 aromatic heterocycles. The standard InChI is InChI=1S/C15H26O4/c1-5-7-9-15(4,10-8-6-2)11(3)12(13(16)17)14(18)19/h5-10H2,1-4H3,(H,16,17)(H,18,19). The van der Waals surface area contributed by atoms with Gasteiger partial charge in [-0.25, -0.2) is 9.59 Å². The molecule has 19 heavy (non-hydrogen) atoms. The van der Waals surface area contributed by atoms with E-state index in [0.29, 0.717) is 5.57 Å². The van der Waals surface area contributed by atoms with Crippen LogP contribution in [-0.2, 0) is 9.59 Å². The lowest BCUT2D eigenvalue weighted by Gasteiger charge is -2.32. The average Bonchev–Trinajstić information content (AvgIpc) is 2.32. The van der Waals surface area contributed by atoms with Crippen LogP contribution in [0.4, 0.5) is 0 Å². The second-order valence-electron chi connectivity index (χ2n) is 5.38. The van der Waals surface area contributed by atoms with Crippen molar-refractivity contribution in [1.29, 1.82) is 0 Å². The van der Waals surface area contributed by atoms with Crippen molar-refractivity contribution in [1.82, 2.24) is 0 Å². The number of aliphatic carboxylic acids is 2. The molecule has 0 aliphatic carbocycles. The second-order valence-corrected chi connectivity index (χ2v) is 5.38. The van der Waals surface area contributed by atoms with E-state index in [0.717, 1.165) is 38.5 Å². The van der Waals surface area contributed by atoms with Crippen molar-refractivity contribution in [3.8, 4) is 0 Å². The molecule has 4 nitrogen and oxygen atoms in total. The van der Waals surface area contributed by atoms with Crippen molar-refractivity contribution in [3.05, 3.63) is 11.1 Å². The maximum atomic E-state index is 11.1. The number of hydrogen-bond donors (Lipinski definition) is 2. The van der Waals surface area contributed by atoms with Crippen LogP contribution in [0.25, 0.3) is 0 Å². The van der Waals surface area contributed by atoms with Gasteiger partial charge in [0.25, 0.3) is 0 Å². The molecule has 2 N–H and O–H groups in total. The van der Waals surface area contributed by atoms with Gasteiger partial charge in [-0.2, -0.15) is 0 Å². The fraction of sp³-hybridized carbons (Fsp3) is 0.733. The molecule has 0 aliphatic rings. The molecule has 0 spiro atoms. The molecule has 0 heterocycles. The van der Waals surface area contributed by atoms with Crippen LogP contribution >= 0.6 is 0 Å². The number of carboxylic acid groups (broad SMARTS) is 2. The van der Waals surface area contributed by atoms with Crippen LogP contribution in [0.1, 0.15) is 66.2 Å². The van der Waals surface area contributed by atoms with Crippen LogP contribution in [0.2, 0.25) is 0 Å². The monoisotopic (exact) mass is 270 g/mol. The molecule has 4 heteroatoms. The molecule has 0 aliphatic heterocycles. The molecular weight excluding hydrogens is 244 g/mol. The van der Waals surface area contributed by atoms with Crippen molar-refractivity contribution in [3.63, 3.8) is 0 Å².